The molecule has 4 heteroatoms. The summed E-state index contributed by atoms with van der Waals surface area (Å²) in [6.07, 6.45) is 0. The third-order valence-corrected chi connectivity index (χ3v) is 3.39. The van der Waals surface area contributed by atoms with Gasteiger partial charge in [0.2, 0.25) is 0 Å². The predicted molar refractivity (Wildman–Crippen MR) is 85.9 cm³/mol. The first-order chi connectivity index (χ1) is 9.40. The third kappa shape index (κ3) is 6.46. The maximum Gasteiger partial charge on any atom is 0.0550 e. The highest BCUT2D eigenvalue weighted by atomic mass is 15.2. The van der Waals surface area contributed by atoms with Gasteiger partial charge in [-0.1, -0.05) is 6.92 Å². The van der Waals surface area contributed by atoms with Crippen LogP contribution < -0.4 is 0 Å². The average molecular weight is 278 g/mol. The van der Waals surface area contributed by atoms with E-state index in [4.69, 9.17) is 4.98 Å². The van der Waals surface area contributed by atoms with Crippen molar-refractivity contribution in [3.63, 3.8) is 0 Å². The Hall–Kier alpha value is -0.970. The number of pyridine rings is 1. The zero-order chi connectivity index (χ0) is 15.1. The van der Waals surface area contributed by atoms with Gasteiger partial charge in [-0.05, 0) is 59.4 Å². The van der Waals surface area contributed by atoms with E-state index in [1.165, 1.54) is 11.3 Å². The second-order valence-corrected chi connectivity index (χ2v) is 6.00. The van der Waals surface area contributed by atoms with Crippen molar-refractivity contribution in [1.29, 1.82) is 0 Å². The maximum absolute atomic E-state index is 4.76. The Kier molecular flexibility index (Phi) is 7.13. The van der Waals surface area contributed by atoms with Crippen LogP contribution in [0.3, 0.4) is 0 Å². The number of hydrogen-bond donors (Lipinski definition) is 0. The Morgan fingerprint density at radius 2 is 1.45 bits per heavy atom. The van der Waals surface area contributed by atoms with Crippen LogP contribution in [0.2, 0.25) is 0 Å². The molecule has 0 amide bonds. The van der Waals surface area contributed by atoms with Gasteiger partial charge in [0, 0.05) is 26.2 Å². The molecule has 0 aromatic carbocycles. The van der Waals surface area contributed by atoms with E-state index in [0.717, 1.165) is 38.4 Å². The monoisotopic (exact) mass is 278 g/mol. The molecule has 0 fully saturated rings. The molecule has 0 unspecified atom stereocenters. The summed E-state index contributed by atoms with van der Waals surface area (Å²) >= 11 is 0. The second-order valence-electron chi connectivity index (χ2n) is 6.00. The average Bonchev–Trinajstić information content (AvgIpc) is 2.34. The Morgan fingerprint density at radius 3 is 2.00 bits per heavy atom. The van der Waals surface area contributed by atoms with Gasteiger partial charge in [-0.3, -0.25) is 9.88 Å². The van der Waals surface area contributed by atoms with Crippen LogP contribution >= 0.6 is 0 Å². The Bertz CT molecular complexity index is 403. The van der Waals surface area contributed by atoms with E-state index in [1.54, 1.807) is 0 Å². The standard InChI is InChI=1S/C16H30N4/c1-7-19(5)8-9-20(6)13-16-11-14(2)10-15(17-16)12-18(3)4/h10-11H,7-9,12-13H2,1-6H3. The van der Waals surface area contributed by atoms with Gasteiger partial charge < -0.3 is 9.80 Å². The molecule has 0 N–H and O–H groups in total. The minimum absolute atomic E-state index is 0.900. The molecule has 0 spiro atoms. The minimum atomic E-state index is 0.900. The molecule has 0 bridgehead atoms. The number of aromatic nitrogens is 1. The van der Waals surface area contributed by atoms with Crippen LogP contribution in [0, 0.1) is 6.92 Å². The first-order valence-corrected chi connectivity index (χ1v) is 7.39. The summed E-state index contributed by atoms with van der Waals surface area (Å²) < 4.78 is 0. The van der Waals surface area contributed by atoms with E-state index in [0.29, 0.717) is 0 Å². The van der Waals surface area contributed by atoms with Gasteiger partial charge in [0.25, 0.3) is 0 Å². The fourth-order valence-electron chi connectivity index (χ4n) is 2.16. The molecule has 0 radical (unpaired) electrons. The maximum atomic E-state index is 4.76. The van der Waals surface area contributed by atoms with Crippen molar-refractivity contribution in [2.24, 2.45) is 0 Å². The van der Waals surface area contributed by atoms with E-state index in [2.05, 4.69) is 68.9 Å². The van der Waals surface area contributed by atoms with E-state index in [1.807, 2.05) is 0 Å². The van der Waals surface area contributed by atoms with Gasteiger partial charge in [0.15, 0.2) is 0 Å². The molecule has 0 saturated heterocycles. The molecule has 4 nitrogen and oxygen atoms in total. The largest absolute Gasteiger partial charge is 0.305 e. The van der Waals surface area contributed by atoms with Crippen molar-refractivity contribution >= 4 is 0 Å². The van der Waals surface area contributed by atoms with Crippen molar-refractivity contribution in [2.45, 2.75) is 26.9 Å². The third-order valence-electron chi connectivity index (χ3n) is 3.39. The Morgan fingerprint density at radius 1 is 0.900 bits per heavy atom. The predicted octanol–water partition coefficient (Wildman–Crippen LogP) is 1.84. The summed E-state index contributed by atoms with van der Waals surface area (Å²) in [7, 11) is 8.49. The molecule has 0 atom stereocenters. The molecule has 1 aromatic heterocycles. The normalized spacial score (nSPS) is 11.8. The minimum Gasteiger partial charge on any atom is -0.305 e. The molecule has 1 rings (SSSR count). The van der Waals surface area contributed by atoms with Gasteiger partial charge in [-0.25, -0.2) is 0 Å². The van der Waals surface area contributed by atoms with Crippen LogP contribution in [0.4, 0.5) is 0 Å². The Balaban J connectivity index is 2.60. The van der Waals surface area contributed by atoms with Gasteiger partial charge in [-0.15, -0.1) is 0 Å². The topological polar surface area (TPSA) is 22.6 Å². The summed E-state index contributed by atoms with van der Waals surface area (Å²) in [5.74, 6) is 0. The molecular formula is C16H30N4. The lowest BCUT2D eigenvalue weighted by atomic mass is 10.2. The second kappa shape index (κ2) is 8.35. The fraction of sp³-hybridized carbons (Fsp3) is 0.688. The summed E-state index contributed by atoms with van der Waals surface area (Å²) in [5, 5.41) is 0. The highest BCUT2D eigenvalue weighted by Crippen LogP contribution is 2.08. The number of rotatable bonds is 8. The van der Waals surface area contributed by atoms with Gasteiger partial charge in [-0.2, -0.15) is 0 Å². The summed E-state index contributed by atoms with van der Waals surface area (Å²) in [5.41, 5.74) is 3.62. The van der Waals surface area contributed by atoms with Crippen LogP contribution in [-0.4, -0.2) is 67.5 Å². The number of aryl methyl sites for hydroxylation is 1. The molecule has 20 heavy (non-hydrogen) atoms. The molecular weight excluding hydrogens is 248 g/mol. The van der Waals surface area contributed by atoms with Crippen molar-refractivity contribution in [3.05, 3.63) is 29.1 Å². The number of likely N-dealkylation sites (N-methyl/N-ethyl adjacent to an activating group) is 2. The lowest BCUT2D eigenvalue weighted by Crippen LogP contribution is -2.30. The van der Waals surface area contributed by atoms with E-state index < -0.39 is 0 Å². The van der Waals surface area contributed by atoms with Crippen LogP contribution in [-0.2, 0) is 13.1 Å². The number of hydrogen-bond acceptors (Lipinski definition) is 4. The van der Waals surface area contributed by atoms with Crippen molar-refractivity contribution in [3.8, 4) is 0 Å². The van der Waals surface area contributed by atoms with Crippen LogP contribution in [0.15, 0.2) is 12.1 Å². The molecule has 0 aliphatic rings. The lowest BCUT2D eigenvalue weighted by Gasteiger charge is -2.21. The summed E-state index contributed by atoms with van der Waals surface area (Å²) in [6, 6.07) is 4.37. The lowest BCUT2D eigenvalue weighted by molar-refractivity contribution is 0.256. The van der Waals surface area contributed by atoms with Crippen LogP contribution in [0.1, 0.15) is 23.9 Å². The van der Waals surface area contributed by atoms with Crippen LogP contribution in [0.25, 0.3) is 0 Å². The summed E-state index contributed by atoms with van der Waals surface area (Å²) in [6.45, 7) is 9.43. The molecule has 0 saturated carbocycles. The van der Waals surface area contributed by atoms with Gasteiger partial charge in [0.05, 0.1) is 11.4 Å². The highest BCUT2D eigenvalue weighted by Gasteiger charge is 2.06. The van der Waals surface area contributed by atoms with Crippen molar-refractivity contribution in [2.75, 3.05) is 47.8 Å². The molecule has 114 valence electrons. The molecule has 0 aliphatic heterocycles. The fourth-order valence-corrected chi connectivity index (χ4v) is 2.16. The van der Waals surface area contributed by atoms with E-state index in [-0.39, 0.29) is 0 Å². The van der Waals surface area contributed by atoms with Gasteiger partial charge >= 0.3 is 0 Å². The molecule has 0 aliphatic carbocycles. The van der Waals surface area contributed by atoms with Crippen molar-refractivity contribution < 1.29 is 0 Å². The van der Waals surface area contributed by atoms with E-state index in [9.17, 15) is 0 Å². The quantitative estimate of drug-likeness (QED) is 0.723. The number of nitrogens with zero attached hydrogens (tertiary/aromatic N) is 4. The molecule has 1 aromatic rings. The first kappa shape index (κ1) is 17.1. The van der Waals surface area contributed by atoms with Crippen molar-refractivity contribution in [1.82, 2.24) is 19.7 Å². The highest BCUT2D eigenvalue weighted by molar-refractivity contribution is 5.20. The van der Waals surface area contributed by atoms with Gasteiger partial charge in [0.1, 0.15) is 0 Å². The zero-order valence-corrected chi connectivity index (χ0v) is 14.0. The first-order valence-electron chi connectivity index (χ1n) is 7.39. The summed E-state index contributed by atoms with van der Waals surface area (Å²) in [4.78, 5) is 11.6. The SMILES string of the molecule is CCN(C)CCN(C)Cc1cc(C)cc(CN(C)C)n1. The Labute approximate surface area is 124 Å². The zero-order valence-electron chi connectivity index (χ0n) is 14.0. The van der Waals surface area contributed by atoms with E-state index >= 15 is 0 Å². The smallest absolute Gasteiger partial charge is 0.0550 e. The van der Waals surface area contributed by atoms with Crippen LogP contribution in [0.5, 0.6) is 0 Å². The molecule has 1 heterocycles.